The molecule has 0 saturated heterocycles. The third-order valence-electron chi connectivity index (χ3n) is 2.90. The minimum absolute atomic E-state index is 0.252. The van der Waals surface area contributed by atoms with Crippen LogP contribution in [0.5, 0.6) is 0 Å². The fourth-order valence-electron chi connectivity index (χ4n) is 1.79. The van der Waals surface area contributed by atoms with Crippen molar-refractivity contribution in [3.8, 4) is 0 Å². The molecule has 25 heavy (non-hydrogen) atoms. The van der Waals surface area contributed by atoms with Crippen LogP contribution in [0.3, 0.4) is 0 Å². The third kappa shape index (κ3) is 3.76. The lowest BCUT2D eigenvalue weighted by Crippen LogP contribution is -2.23. The van der Waals surface area contributed by atoms with Gasteiger partial charge in [0.1, 0.15) is 0 Å². The van der Waals surface area contributed by atoms with Gasteiger partial charge in [-0.05, 0) is 0 Å². The van der Waals surface area contributed by atoms with E-state index in [1.165, 1.54) is 0 Å². The van der Waals surface area contributed by atoms with E-state index in [1.807, 2.05) is 0 Å². The van der Waals surface area contributed by atoms with Gasteiger partial charge in [0.2, 0.25) is 11.8 Å². The molecule has 0 saturated carbocycles. The summed E-state index contributed by atoms with van der Waals surface area (Å²) in [6.45, 7) is 3.27. The maximum Gasteiger partial charge on any atom is 0.433 e. The Balaban J connectivity index is 2.62. The summed E-state index contributed by atoms with van der Waals surface area (Å²) in [4.78, 5) is 24.7. The second kappa shape index (κ2) is 6.51. The second-order valence-electron chi connectivity index (χ2n) is 4.52. The number of halogens is 5. The molecule has 0 amide bonds. The number of rotatable bonds is 4. The minimum atomic E-state index is -4.91. The molecule has 1 aromatic heterocycles. The van der Waals surface area contributed by atoms with Gasteiger partial charge in [0.15, 0.2) is 5.69 Å². The van der Waals surface area contributed by atoms with E-state index in [0.717, 1.165) is 6.20 Å². The fraction of sp³-hybridized carbons (Fsp3) is 0.0769. The zero-order valence-corrected chi connectivity index (χ0v) is 12.7. The van der Waals surface area contributed by atoms with Crippen LogP contribution < -0.4 is 10.9 Å². The summed E-state index contributed by atoms with van der Waals surface area (Å²) in [6.07, 6.45) is -4.03. The molecular weight excluding hydrogens is 372 g/mol. The van der Waals surface area contributed by atoms with Crippen LogP contribution in [0.25, 0.3) is 6.20 Å². The molecule has 0 spiro atoms. The van der Waals surface area contributed by atoms with Gasteiger partial charge < -0.3 is 5.32 Å². The molecule has 0 radical (unpaired) electrons. The van der Waals surface area contributed by atoms with E-state index in [9.17, 15) is 32.5 Å². The maximum absolute atomic E-state index is 13.5. The van der Waals surface area contributed by atoms with Gasteiger partial charge in [-0.25, -0.2) is 4.98 Å². The number of nitrogens with zero attached hydrogens (tertiary/aromatic N) is 3. The second-order valence-corrected chi connectivity index (χ2v) is 4.93. The van der Waals surface area contributed by atoms with Crippen LogP contribution in [0.2, 0.25) is 5.02 Å². The van der Waals surface area contributed by atoms with E-state index < -0.39 is 39.8 Å². The number of aromatic nitrogens is 2. The van der Waals surface area contributed by atoms with Gasteiger partial charge in [0.05, 0.1) is 15.6 Å². The SMILES string of the molecule is C=Cn1c(Nc2cc([N+](=O)[O-])c(F)cc2Cl)nc(C(F)(F)F)cc1=O. The van der Waals surface area contributed by atoms with Gasteiger partial charge in [-0.3, -0.25) is 19.5 Å². The summed E-state index contributed by atoms with van der Waals surface area (Å²) in [5, 5.41) is 12.6. The van der Waals surface area contributed by atoms with Crippen LogP contribution >= 0.6 is 11.6 Å². The molecule has 1 N–H and O–H groups in total. The summed E-state index contributed by atoms with van der Waals surface area (Å²) >= 11 is 5.73. The van der Waals surface area contributed by atoms with Crippen LogP contribution in [-0.4, -0.2) is 14.5 Å². The van der Waals surface area contributed by atoms with E-state index in [0.29, 0.717) is 16.7 Å². The Morgan fingerprint density at radius 3 is 2.52 bits per heavy atom. The average Bonchev–Trinajstić information content (AvgIpc) is 2.48. The molecule has 0 unspecified atom stereocenters. The molecule has 0 aliphatic heterocycles. The van der Waals surface area contributed by atoms with Crippen LogP contribution in [0.1, 0.15) is 5.69 Å². The zero-order chi connectivity index (χ0) is 18.9. The van der Waals surface area contributed by atoms with Crippen LogP contribution in [-0.2, 0) is 6.18 Å². The first-order valence-electron chi connectivity index (χ1n) is 6.28. The van der Waals surface area contributed by atoms with Gasteiger partial charge in [-0.2, -0.15) is 17.6 Å². The lowest BCUT2D eigenvalue weighted by atomic mass is 10.2. The highest BCUT2D eigenvalue weighted by molar-refractivity contribution is 6.33. The van der Waals surface area contributed by atoms with Gasteiger partial charge in [0, 0.05) is 24.4 Å². The molecule has 2 rings (SSSR count). The number of alkyl halides is 3. The molecule has 1 heterocycles. The average molecular weight is 379 g/mol. The van der Waals surface area contributed by atoms with Crippen molar-refractivity contribution < 1.29 is 22.5 Å². The summed E-state index contributed by atoms with van der Waals surface area (Å²) in [7, 11) is 0. The van der Waals surface area contributed by atoms with Crippen molar-refractivity contribution >= 4 is 35.1 Å². The topological polar surface area (TPSA) is 90.1 Å². The monoisotopic (exact) mass is 378 g/mol. The molecule has 0 aliphatic carbocycles. The molecular formula is C13H7ClF4N4O3. The van der Waals surface area contributed by atoms with Crippen molar-refractivity contribution in [3.63, 3.8) is 0 Å². The van der Waals surface area contributed by atoms with Crippen molar-refractivity contribution in [1.29, 1.82) is 0 Å². The Hall–Kier alpha value is -2.95. The Labute approximate surface area is 141 Å². The Kier molecular flexibility index (Phi) is 4.79. The first-order chi connectivity index (χ1) is 11.5. The number of anilines is 2. The van der Waals surface area contributed by atoms with E-state index in [-0.39, 0.29) is 16.8 Å². The number of nitrogens with one attached hydrogen (secondary N) is 1. The molecule has 1 aromatic carbocycles. The van der Waals surface area contributed by atoms with Crippen molar-refractivity contribution in [1.82, 2.24) is 9.55 Å². The molecule has 0 bridgehead atoms. The van der Waals surface area contributed by atoms with E-state index in [2.05, 4.69) is 16.9 Å². The third-order valence-corrected chi connectivity index (χ3v) is 3.22. The van der Waals surface area contributed by atoms with Crippen molar-refractivity contribution in [2.24, 2.45) is 0 Å². The highest BCUT2D eigenvalue weighted by Gasteiger charge is 2.34. The molecule has 0 atom stereocenters. The zero-order valence-electron chi connectivity index (χ0n) is 12.0. The molecule has 7 nitrogen and oxygen atoms in total. The first kappa shape index (κ1) is 18.4. The standard InChI is InChI=1S/C13H7ClF4N4O3/c1-2-21-11(23)5-10(13(16,17)18)20-12(21)19-8-4-9(22(24)25)7(15)3-6(8)14/h2-5H,1H2,(H,19,20). The summed E-state index contributed by atoms with van der Waals surface area (Å²) in [6, 6.07) is 1.52. The number of hydrogen-bond donors (Lipinski definition) is 1. The van der Waals surface area contributed by atoms with E-state index in [4.69, 9.17) is 11.6 Å². The highest BCUT2D eigenvalue weighted by Crippen LogP contribution is 2.32. The van der Waals surface area contributed by atoms with Crippen molar-refractivity contribution in [3.05, 3.63) is 61.8 Å². The predicted molar refractivity (Wildman–Crippen MR) is 81.2 cm³/mol. The molecule has 132 valence electrons. The largest absolute Gasteiger partial charge is 0.433 e. The highest BCUT2D eigenvalue weighted by atomic mass is 35.5. The fourth-order valence-corrected chi connectivity index (χ4v) is 1.99. The number of hydrogen-bond acceptors (Lipinski definition) is 5. The maximum atomic E-state index is 13.5. The molecule has 0 aliphatic rings. The lowest BCUT2D eigenvalue weighted by molar-refractivity contribution is -0.387. The van der Waals surface area contributed by atoms with Crippen molar-refractivity contribution in [2.45, 2.75) is 6.18 Å². The van der Waals surface area contributed by atoms with Crippen molar-refractivity contribution in [2.75, 3.05) is 5.32 Å². The van der Waals surface area contributed by atoms with Crippen LogP contribution in [0.4, 0.5) is 34.9 Å². The number of benzene rings is 1. The van der Waals surface area contributed by atoms with E-state index in [1.54, 1.807) is 0 Å². The quantitative estimate of drug-likeness (QED) is 0.496. The van der Waals surface area contributed by atoms with Gasteiger partial charge in [-0.15, -0.1) is 0 Å². The Bertz CT molecular complexity index is 927. The van der Waals surface area contributed by atoms with Crippen LogP contribution in [0.15, 0.2) is 29.6 Å². The smallest absolute Gasteiger partial charge is 0.324 e. The Morgan fingerprint density at radius 2 is 2.00 bits per heavy atom. The summed E-state index contributed by atoms with van der Waals surface area (Å²) < 4.78 is 52.5. The summed E-state index contributed by atoms with van der Waals surface area (Å²) in [5.41, 5.74) is -3.89. The van der Waals surface area contributed by atoms with Gasteiger partial charge in [0.25, 0.3) is 5.56 Å². The molecule has 0 fully saturated rings. The minimum Gasteiger partial charge on any atom is -0.324 e. The molecule has 12 heteroatoms. The Morgan fingerprint density at radius 1 is 1.36 bits per heavy atom. The molecule has 2 aromatic rings. The number of nitro benzene ring substituents is 1. The number of nitro groups is 1. The lowest BCUT2D eigenvalue weighted by Gasteiger charge is -2.14. The van der Waals surface area contributed by atoms with Crippen LogP contribution in [0, 0.1) is 15.9 Å². The summed E-state index contributed by atoms with van der Waals surface area (Å²) in [5.74, 6) is -1.89. The first-order valence-corrected chi connectivity index (χ1v) is 6.66. The van der Waals surface area contributed by atoms with E-state index >= 15 is 0 Å². The van der Waals surface area contributed by atoms with Gasteiger partial charge in [-0.1, -0.05) is 18.2 Å². The van der Waals surface area contributed by atoms with Gasteiger partial charge >= 0.3 is 11.9 Å². The predicted octanol–water partition coefficient (Wildman–Crippen LogP) is 3.81. The normalized spacial score (nSPS) is 11.2.